The summed E-state index contributed by atoms with van der Waals surface area (Å²) in [5.41, 5.74) is 2.75. The van der Waals surface area contributed by atoms with Crippen molar-refractivity contribution in [3.63, 3.8) is 0 Å². The Labute approximate surface area is 163 Å². The number of nitriles is 1. The van der Waals surface area contributed by atoms with E-state index < -0.39 is 5.97 Å². The number of carbonyl (C=O) groups is 2. The van der Waals surface area contributed by atoms with Gasteiger partial charge in [-0.05, 0) is 55.0 Å². The van der Waals surface area contributed by atoms with Crippen LogP contribution in [-0.4, -0.2) is 18.5 Å². The zero-order chi connectivity index (χ0) is 19.1. The number of ether oxygens (including phenoxy) is 1. The van der Waals surface area contributed by atoms with Crippen LogP contribution in [0.4, 0.5) is 5.69 Å². The quantitative estimate of drug-likeness (QED) is 0.783. The Balaban J connectivity index is 1.52. The summed E-state index contributed by atoms with van der Waals surface area (Å²) in [4.78, 5) is 26.2. The summed E-state index contributed by atoms with van der Waals surface area (Å²) in [6, 6.07) is 11.0. The van der Waals surface area contributed by atoms with E-state index in [2.05, 4.69) is 11.4 Å². The second-order valence-electron chi connectivity index (χ2n) is 6.63. The molecule has 0 fully saturated rings. The third kappa shape index (κ3) is 5.41. The molecule has 1 aromatic heterocycles. The molecule has 27 heavy (non-hydrogen) atoms. The second kappa shape index (κ2) is 9.33. The number of anilines is 1. The van der Waals surface area contributed by atoms with Crippen molar-refractivity contribution >= 4 is 28.9 Å². The summed E-state index contributed by atoms with van der Waals surface area (Å²) >= 11 is 1.50. The number of hydrogen-bond donors (Lipinski definition) is 1. The van der Waals surface area contributed by atoms with Crippen LogP contribution in [0, 0.1) is 11.3 Å². The predicted molar refractivity (Wildman–Crippen MR) is 105 cm³/mol. The van der Waals surface area contributed by atoms with Crippen LogP contribution < -0.4 is 5.32 Å². The van der Waals surface area contributed by atoms with Gasteiger partial charge in [-0.15, -0.1) is 11.3 Å². The lowest BCUT2D eigenvalue weighted by Crippen LogP contribution is -2.20. The van der Waals surface area contributed by atoms with E-state index in [1.807, 2.05) is 6.07 Å². The molecule has 1 N–H and O–H groups in total. The maximum absolute atomic E-state index is 12.3. The van der Waals surface area contributed by atoms with Crippen molar-refractivity contribution in [1.82, 2.24) is 0 Å². The average molecular weight is 382 g/mol. The minimum Gasteiger partial charge on any atom is -0.451 e. The number of benzene rings is 1. The summed E-state index contributed by atoms with van der Waals surface area (Å²) in [6.07, 6.45) is 7.18. The third-order valence-electron chi connectivity index (χ3n) is 4.55. The highest BCUT2D eigenvalue weighted by atomic mass is 32.1. The van der Waals surface area contributed by atoms with E-state index in [0.29, 0.717) is 17.0 Å². The van der Waals surface area contributed by atoms with Gasteiger partial charge in [-0.1, -0.05) is 25.0 Å². The number of amides is 1. The number of carbonyl (C=O) groups excluding carboxylic acids is 2. The van der Waals surface area contributed by atoms with Crippen LogP contribution in [0.5, 0.6) is 0 Å². The van der Waals surface area contributed by atoms with Crippen molar-refractivity contribution in [3.05, 3.63) is 51.2 Å². The highest BCUT2D eigenvalue weighted by Crippen LogP contribution is 2.28. The molecule has 0 radical (unpaired) electrons. The van der Waals surface area contributed by atoms with Crippen LogP contribution in [-0.2, 0) is 28.8 Å². The lowest BCUT2D eigenvalue weighted by molar-refractivity contribution is -0.119. The van der Waals surface area contributed by atoms with Gasteiger partial charge in [0, 0.05) is 10.6 Å². The molecule has 1 heterocycles. The van der Waals surface area contributed by atoms with Crippen molar-refractivity contribution < 1.29 is 14.3 Å². The summed E-state index contributed by atoms with van der Waals surface area (Å²) in [7, 11) is 0. The first-order valence-electron chi connectivity index (χ1n) is 9.20. The number of esters is 1. The van der Waals surface area contributed by atoms with Gasteiger partial charge < -0.3 is 10.1 Å². The molecular formula is C21H22N2O3S. The van der Waals surface area contributed by atoms with Crippen LogP contribution >= 0.6 is 11.3 Å². The average Bonchev–Trinajstić information content (AvgIpc) is 3.04. The maximum Gasteiger partial charge on any atom is 0.348 e. The Hall–Kier alpha value is -2.65. The van der Waals surface area contributed by atoms with Crippen LogP contribution in [0.25, 0.3) is 0 Å². The largest absolute Gasteiger partial charge is 0.451 e. The molecule has 0 spiro atoms. The zero-order valence-corrected chi connectivity index (χ0v) is 15.9. The molecule has 6 heteroatoms. The van der Waals surface area contributed by atoms with Gasteiger partial charge in [0.05, 0.1) is 12.5 Å². The number of nitrogens with one attached hydrogen (secondary N) is 1. The minimum atomic E-state index is -0.439. The Morgan fingerprint density at radius 1 is 1.11 bits per heavy atom. The van der Waals surface area contributed by atoms with E-state index in [1.165, 1.54) is 34.6 Å². The van der Waals surface area contributed by atoms with Crippen LogP contribution in [0.2, 0.25) is 0 Å². The fourth-order valence-corrected chi connectivity index (χ4v) is 4.29. The molecule has 0 saturated heterocycles. The van der Waals surface area contributed by atoms with Gasteiger partial charge in [0.2, 0.25) is 0 Å². The Morgan fingerprint density at radius 2 is 1.85 bits per heavy atom. The van der Waals surface area contributed by atoms with E-state index >= 15 is 0 Å². The molecule has 1 aromatic carbocycles. The van der Waals surface area contributed by atoms with Crippen LogP contribution in [0.3, 0.4) is 0 Å². The molecular weight excluding hydrogens is 360 g/mol. The van der Waals surface area contributed by atoms with E-state index in [1.54, 1.807) is 24.3 Å². The predicted octanol–water partition coefficient (Wildman–Crippen LogP) is 4.27. The van der Waals surface area contributed by atoms with Gasteiger partial charge in [0.15, 0.2) is 6.61 Å². The van der Waals surface area contributed by atoms with Crippen molar-refractivity contribution in [3.8, 4) is 6.07 Å². The number of nitrogens with zero attached hydrogens (tertiary/aromatic N) is 1. The molecule has 0 unspecified atom stereocenters. The molecule has 5 nitrogen and oxygen atoms in total. The molecule has 1 aliphatic rings. The van der Waals surface area contributed by atoms with E-state index in [4.69, 9.17) is 10.00 Å². The first-order valence-corrected chi connectivity index (χ1v) is 10.0. The topological polar surface area (TPSA) is 79.2 Å². The molecule has 1 amide bonds. The van der Waals surface area contributed by atoms with Gasteiger partial charge in [0.1, 0.15) is 4.88 Å². The van der Waals surface area contributed by atoms with Gasteiger partial charge in [-0.25, -0.2) is 4.79 Å². The SMILES string of the molecule is N#CCc1ccc(NC(=O)COC(=O)c2cc3c(s2)CCCCCC3)cc1. The Morgan fingerprint density at radius 3 is 2.59 bits per heavy atom. The van der Waals surface area contributed by atoms with E-state index in [-0.39, 0.29) is 12.5 Å². The smallest absolute Gasteiger partial charge is 0.348 e. The monoisotopic (exact) mass is 382 g/mol. The van der Waals surface area contributed by atoms with Crippen LogP contribution in [0.1, 0.15) is 51.4 Å². The molecule has 0 atom stereocenters. The summed E-state index contributed by atoms with van der Waals surface area (Å²) in [5.74, 6) is -0.822. The van der Waals surface area contributed by atoms with Gasteiger partial charge in [0.25, 0.3) is 5.91 Å². The normalized spacial score (nSPS) is 13.6. The second-order valence-corrected chi connectivity index (χ2v) is 7.77. The standard InChI is InChI=1S/C21H22N2O3S/c22-12-11-15-7-9-17(10-8-15)23-20(24)14-26-21(25)19-13-16-5-3-1-2-4-6-18(16)27-19/h7-10,13H,1-6,11,14H2,(H,23,24). The molecule has 2 aromatic rings. The summed E-state index contributed by atoms with van der Waals surface area (Å²) in [5, 5.41) is 11.4. The van der Waals surface area contributed by atoms with Gasteiger partial charge >= 0.3 is 5.97 Å². The molecule has 3 rings (SSSR count). The third-order valence-corrected chi connectivity index (χ3v) is 5.77. The molecule has 0 aliphatic heterocycles. The number of aryl methyl sites for hydroxylation is 2. The highest BCUT2D eigenvalue weighted by Gasteiger charge is 2.18. The van der Waals surface area contributed by atoms with Crippen molar-refractivity contribution in [1.29, 1.82) is 5.26 Å². The molecule has 1 aliphatic carbocycles. The molecule has 0 saturated carbocycles. The van der Waals surface area contributed by atoms with Crippen LogP contribution in [0.15, 0.2) is 30.3 Å². The Kier molecular flexibility index (Phi) is 6.61. The Bertz CT molecular complexity index is 824. The first kappa shape index (κ1) is 19.1. The fraction of sp³-hybridized carbons (Fsp3) is 0.381. The van der Waals surface area contributed by atoms with Gasteiger partial charge in [-0.3, -0.25) is 4.79 Å². The number of thiophene rings is 1. The van der Waals surface area contributed by atoms with E-state index in [0.717, 1.165) is 31.2 Å². The lowest BCUT2D eigenvalue weighted by Gasteiger charge is -2.07. The highest BCUT2D eigenvalue weighted by molar-refractivity contribution is 7.14. The minimum absolute atomic E-state index is 0.318. The zero-order valence-electron chi connectivity index (χ0n) is 15.1. The van der Waals surface area contributed by atoms with E-state index in [9.17, 15) is 9.59 Å². The van der Waals surface area contributed by atoms with Crippen molar-refractivity contribution in [2.24, 2.45) is 0 Å². The molecule has 0 bridgehead atoms. The van der Waals surface area contributed by atoms with Crippen molar-refractivity contribution in [2.75, 3.05) is 11.9 Å². The van der Waals surface area contributed by atoms with Crippen molar-refractivity contribution in [2.45, 2.75) is 44.9 Å². The first-order chi connectivity index (χ1) is 13.2. The molecule has 140 valence electrons. The maximum atomic E-state index is 12.3. The number of hydrogen-bond acceptors (Lipinski definition) is 5. The number of fused-ring (bicyclic) bond motifs is 1. The summed E-state index contributed by atoms with van der Waals surface area (Å²) in [6.45, 7) is -0.318. The summed E-state index contributed by atoms with van der Waals surface area (Å²) < 4.78 is 5.18. The number of rotatable bonds is 5. The van der Waals surface area contributed by atoms with Gasteiger partial charge in [-0.2, -0.15) is 5.26 Å². The fourth-order valence-electron chi connectivity index (χ4n) is 3.14. The lowest BCUT2D eigenvalue weighted by atomic mass is 10.00.